The molecule has 0 N–H and O–H groups in total. The molecule has 2 heterocycles. The number of nitrogens with zero attached hydrogens (tertiary/aromatic N) is 4. The molecule has 2 rings (SSSR count). The second-order valence-electron chi connectivity index (χ2n) is 7.39. The Hall–Kier alpha value is -2.90. The minimum absolute atomic E-state index is 1.06. The smallest absolute Gasteiger partial charge is 0.485 e. The lowest BCUT2D eigenvalue weighted by atomic mass is 10.1. The van der Waals surface area contributed by atoms with Crippen LogP contribution in [0.1, 0.15) is 26.1 Å². The number of hydrogen-bond acceptors (Lipinski definition) is 5. The van der Waals surface area contributed by atoms with Crippen LogP contribution in [0.4, 0.5) is 43.9 Å². The van der Waals surface area contributed by atoms with Crippen LogP contribution in [0.5, 0.6) is 0 Å². The van der Waals surface area contributed by atoms with Crippen molar-refractivity contribution in [3.8, 4) is 0 Å². The highest BCUT2D eigenvalue weighted by Crippen LogP contribution is 2.46. The molecule has 0 aromatic carbocycles. The first-order valence-corrected chi connectivity index (χ1v) is 11.8. The van der Waals surface area contributed by atoms with Crippen molar-refractivity contribution >= 4 is 16.1 Å². The number of carbonyl (C=O) groups excluding carboxylic acids is 1. The molecule has 20 heteroatoms. The van der Waals surface area contributed by atoms with E-state index in [1.165, 1.54) is 12.2 Å². The molecule has 2 aromatic heterocycles. The van der Waals surface area contributed by atoms with E-state index in [4.69, 9.17) is 13.0 Å². The molecule has 0 aliphatic rings. The summed E-state index contributed by atoms with van der Waals surface area (Å²) in [6, 6.07) is 0. The number of carboxylic acid groups (broad SMARTS) is 1. The van der Waals surface area contributed by atoms with E-state index in [2.05, 4.69) is 66.4 Å². The summed E-state index contributed by atoms with van der Waals surface area (Å²) < 4.78 is 148. The summed E-state index contributed by atoms with van der Waals surface area (Å²) in [5, 5.41) is 9.27. The fourth-order valence-electron chi connectivity index (χ4n) is 2.07. The van der Waals surface area contributed by atoms with Crippen LogP contribution in [0.2, 0.25) is 0 Å². The summed E-state index contributed by atoms with van der Waals surface area (Å²) in [7, 11) is -2.00. The van der Waals surface area contributed by atoms with Gasteiger partial charge in [0.25, 0.3) is 5.82 Å². The number of rotatable bonds is 5. The number of carbonyl (C=O) groups is 1. The first kappa shape index (κ1) is 38.2. The van der Waals surface area contributed by atoms with E-state index >= 15 is 0 Å². The van der Waals surface area contributed by atoms with Crippen LogP contribution in [0, 0.1) is 6.92 Å². The van der Waals surface area contributed by atoms with Gasteiger partial charge < -0.3 is 14.5 Å². The molecule has 0 aliphatic heterocycles. The zero-order valence-corrected chi connectivity index (χ0v) is 21.8. The Bertz CT molecular complexity index is 1140. The number of imidazole rings is 2. The molecule has 0 atom stereocenters. The number of halogens is 10. The molecule has 0 fully saturated rings. The number of aromatic nitrogens is 4. The minimum atomic E-state index is -6.64. The van der Waals surface area contributed by atoms with E-state index in [0.717, 1.165) is 13.1 Å². The number of aliphatic carboxylic acids is 1. The highest BCUT2D eigenvalue weighted by atomic mass is 32.2. The second-order valence-corrected chi connectivity index (χ2v) is 8.76. The molecule has 0 saturated carbocycles. The van der Waals surface area contributed by atoms with Gasteiger partial charge in [0.05, 0.1) is 27.2 Å². The summed E-state index contributed by atoms with van der Waals surface area (Å²) in [6.45, 7) is 8.64. The molecular formula is C19H26F10N4O5S. The van der Waals surface area contributed by atoms with Gasteiger partial charge in [-0.1, -0.05) is 6.92 Å². The summed E-state index contributed by atoms with van der Waals surface area (Å²) in [5.74, 6) is -15.4. The Labute approximate surface area is 216 Å². The fraction of sp³-hybridized carbons (Fsp3) is 0.632. The van der Waals surface area contributed by atoms with E-state index < -0.39 is 39.6 Å². The van der Waals surface area contributed by atoms with Crippen LogP contribution in [0.3, 0.4) is 0 Å². The highest BCUT2D eigenvalue weighted by Gasteiger charge is 2.73. The van der Waals surface area contributed by atoms with Crippen molar-refractivity contribution < 1.29 is 75.9 Å². The largest absolute Gasteiger partial charge is 0.741 e. The van der Waals surface area contributed by atoms with Crippen LogP contribution in [-0.2, 0) is 42.1 Å². The molecule has 0 saturated heterocycles. The van der Waals surface area contributed by atoms with Crippen molar-refractivity contribution in [2.75, 3.05) is 0 Å². The van der Waals surface area contributed by atoms with E-state index in [-0.39, 0.29) is 0 Å². The first-order valence-electron chi connectivity index (χ1n) is 10.4. The molecule has 0 radical (unpaired) electrons. The van der Waals surface area contributed by atoms with Gasteiger partial charge >= 0.3 is 23.5 Å². The molecule has 2 aromatic rings. The average Bonchev–Trinajstić information content (AvgIpc) is 3.33. The van der Waals surface area contributed by atoms with Crippen LogP contribution in [0.15, 0.2) is 31.1 Å². The Balaban J connectivity index is 0. The third-order valence-electron chi connectivity index (χ3n) is 4.34. The van der Waals surface area contributed by atoms with E-state index in [1.807, 2.05) is 17.8 Å². The van der Waals surface area contributed by atoms with Crippen LogP contribution in [-0.4, -0.2) is 51.6 Å². The van der Waals surface area contributed by atoms with Gasteiger partial charge in [0.15, 0.2) is 10.1 Å². The van der Waals surface area contributed by atoms with Gasteiger partial charge in [0, 0.05) is 6.92 Å². The SMILES string of the molecule is CCCn1cc[n+](C)c1C.CCn1cc[n+](C)c1.O=C([O-])C(F)(F)C(F)(F)C(F)(F)F.O=S(=O)([O-])C(F)(F)F. The van der Waals surface area contributed by atoms with Gasteiger partial charge in [0.2, 0.25) is 6.33 Å². The Morgan fingerprint density at radius 3 is 1.59 bits per heavy atom. The Morgan fingerprint density at radius 2 is 1.41 bits per heavy atom. The number of carboxylic acids is 1. The van der Waals surface area contributed by atoms with E-state index in [0.29, 0.717) is 0 Å². The molecular weight excluding hydrogens is 586 g/mol. The summed E-state index contributed by atoms with van der Waals surface area (Å²) in [4.78, 5) is 9.27. The van der Waals surface area contributed by atoms with Gasteiger partial charge in [-0.15, -0.1) is 0 Å². The Kier molecular flexibility index (Phi) is 14.2. The van der Waals surface area contributed by atoms with E-state index in [9.17, 15) is 53.8 Å². The third-order valence-corrected chi connectivity index (χ3v) is 4.91. The topological polar surface area (TPSA) is 115 Å². The quantitative estimate of drug-likeness (QED) is 0.222. The molecule has 0 bridgehead atoms. The predicted octanol–water partition coefficient (Wildman–Crippen LogP) is 1.98. The maximum absolute atomic E-state index is 11.7. The average molecular weight is 612 g/mol. The zero-order chi connectivity index (χ0) is 31.6. The van der Waals surface area contributed by atoms with Gasteiger partial charge in [-0.25, -0.2) is 26.7 Å². The van der Waals surface area contributed by atoms with Crippen LogP contribution >= 0.6 is 0 Å². The highest BCUT2D eigenvalue weighted by molar-refractivity contribution is 7.86. The third kappa shape index (κ3) is 11.8. The predicted molar refractivity (Wildman–Crippen MR) is 109 cm³/mol. The molecule has 9 nitrogen and oxygen atoms in total. The number of hydrogen-bond donors (Lipinski definition) is 0. The van der Waals surface area contributed by atoms with Crippen LogP contribution < -0.4 is 14.2 Å². The molecule has 0 aliphatic carbocycles. The first-order chi connectivity index (χ1) is 17.3. The van der Waals surface area contributed by atoms with Crippen molar-refractivity contribution in [2.24, 2.45) is 14.1 Å². The number of alkyl halides is 10. The van der Waals surface area contributed by atoms with Crippen molar-refractivity contribution in [3.63, 3.8) is 0 Å². The fourth-order valence-corrected chi connectivity index (χ4v) is 2.07. The lowest BCUT2D eigenvalue weighted by Crippen LogP contribution is -2.60. The molecule has 0 unspecified atom stereocenters. The molecule has 0 spiro atoms. The summed E-state index contributed by atoms with van der Waals surface area (Å²) >= 11 is 0. The van der Waals surface area contributed by atoms with Crippen molar-refractivity contribution in [3.05, 3.63) is 36.9 Å². The monoisotopic (exact) mass is 612 g/mol. The Morgan fingerprint density at radius 1 is 0.949 bits per heavy atom. The van der Waals surface area contributed by atoms with Gasteiger partial charge in [0.1, 0.15) is 30.8 Å². The van der Waals surface area contributed by atoms with Crippen molar-refractivity contribution in [2.45, 2.75) is 63.8 Å². The minimum Gasteiger partial charge on any atom is -0.741 e. The standard InChI is InChI=1S/C8H15N2.C6H11N2.C4HF7O2.CHF3O3S/c1-4-5-10-7-6-9(3)8(10)2;1-3-8-5-4-7(2)6-8;5-2(6,1(12)13)3(7,8)4(9,10)11;2-1(3,4)8(5,6)7/h6-7H,4-5H2,1-3H3;4-6H,3H2,1-2H3;(H,12,13);(H,5,6,7)/q2*+1;;/p-2. The van der Waals surface area contributed by atoms with Gasteiger partial charge in [-0.3, -0.25) is 0 Å². The maximum Gasteiger partial charge on any atom is 0.485 e. The van der Waals surface area contributed by atoms with Crippen molar-refractivity contribution in [1.82, 2.24) is 9.13 Å². The number of aryl methyl sites for hydroxylation is 4. The zero-order valence-electron chi connectivity index (χ0n) is 21.0. The molecule has 228 valence electrons. The maximum atomic E-state index is 11.7. The molecule has 0 amide bonds. The van der Waals surface area contributed by atoms with Crippen LogP contribution in [0.25, 0.3) is 0 Å². The molecule has 39 heavy (non-hydrogen) atoms. The lowest BCUT2D eigenvalue weighted by Gasteiger charge is -2.28. The van der Waals surface area contributed by atoms with Gasteiger partial charge in [-0.05, 0) is 13.3 Å². The van der Waals surface area contributed by atoms with E-state index in [1.54, 1.807) is 0 Å². The second kappa shape index (κ2) is 14.5. The lowest BCUT2D eigenvalue weighted by molar-refractivity contribution is -0.677. The van der Waals surface area contributed by atoms with Gasteiger partial charge in [-0.2, -0.15) is 43.9 Å². The normalized spacial score (nSPS) is 12.3. The summed E-state index contributed by atoms with van der Waals surface area (Å²) in [5.41, 5.74) is -5.65. The van der Waals surface area contributed by atoms with Crippen molar-refractivity contribution in [1.29, 1.82) is 0 Å². The summed E-state index contributed by atoms with van der Waals surface area (Å²) in [6.07, 6.45) is 4.92.